The second kappa shape index (κ2) is 6.30. The van der Waals surface area contributed by atoms with Crippen LogP contribution in [-0.2, 0) is 0 Å². The molecule has 1 aromatic heterocycles. The van der Waals surface area contributed by atoms with Crippen LogP contribution in [0.15, 0.2) is 78.9 Å². The van der Waals surface area contributed by atoms with Gasteiger partial charge in [-0.3, -0.25) is 0 Å². The summed E-state index contributed by atoms with van der Waals surface area (Å²) < 4.78 is 0. The Bertz CT molecular complexity index is 983. The Morgan fingerprint density at radius 3 is 2.08 bits per heavy atom. The van der Waals surface area contributed by atoms with Crippen molar-refractivity contribution in [2.45, 2.75) is 0 Å². The maximum Gasteiger partial charge on any atom is 0.161 e. The van der Waals surface area contributed by atoms with Gasteiger partial charge >= 0.3 is 0 Å². The van der Waals surface area contributed by atoms with Gasteiger partial charge in [0.1, 0.15) is 5.69 Å². The SMILES string of the molecule is Clc1ccc(-c2nnc(Nc3ccccc3)c3ccccc23)cc1. The van der Waals surface area contributed by atoms with Crippen molar-refractivity contribution in [3.8, 4) is 11.3 Å². The first-order valence-electron chi connectivity index (χ1n) is 7.65. The lowest BCUT2D eigenvalue weighted by Crippen LogP contribution is -1.99. The Morgan fingerprint density at radius 1 is 0.667 bits per heavy atom. The molecule has 0 fully saturated rings. The molecule has 24 heavy (non-hydrogen) atoms. The van der Waals surface area contributed by atoms with Crippen LogP contribution in [0, 0.1) is 0 Å². The number of para-hydroxylation sites is 1. The lowest BCUT2D eigenvalue weighted by atomic mass is 10.0. The smallest absolute Gasteiger partial charge is 0.161 e. The third-order valence-corrected chi connectivity index (χ3v) is 4.09. The lowest BCUT2D eigenvalue weighted by Gasteiger charge is -2.11. The van der Waals surface area contributed by atoms with Gasteiger partial charge in [-0.2, -0.15) is 0 Å². The highest BCUT2D eigenvalue weighted by Crippen LogP contribution is 2.31. The molecule has 0 bridgehead atoms. The molecular weight excluding hydrogens is 318 g/mol. The first kappa shape index (κ1) is 14.7. The van der Waals surface area contributed by atoms with Crippen LogP contribution in [0.3, 0.4) is 0 Å². The molecule has 1 N–H and O–H groups in total. The summed E-state index contributed by atoms with van der Waals surface area (Å²) in [6.45, 7) is 0. The van der Waals surface area contributed by atoms with Crippen LogP contribution < -0.4 is 5.32 Å². The molecule has 116 valence electrons. The minimum Gasteiger partial charge on any atom is -0.338 e. The first-order valence-corrected chi connectivity index (χ1v) is 8.02. The van der Waals surface area contributed by atoms with E-state index in [1.165, 1.54) is 0 Å². The predicted molar refractivity (Wildman–Crippen MR) is 99.7 cm³/mol. The van der Waals surface area contributed by atoms with Crippen molar-refractivity contribution < 1.29 is 0 Å². The zero-order valence-corrected chi connectivity index (χ0v) is 13.5. The Kier molecular flexibility index (Phi) is 3.85. The van der Waals surface area contributed by atoms with Crippen molar-refractivity contribution >= 4 is 33.9 Å². The predicted octanol–water partition coefficient (Wildman–Crippen LogP) is 5.69. The zero-order valence-electron chi connectivity index (χ0n) is 12.8. The van der Waals surface area contributed by atoms with Gasteiger partial charge in [0.25, 0.3) is 0 Å². The number of nitrogens with zero attached hydrogens (tertiary/aromatic N) is 2. The average Bonchev–Trinajstić information content (AvgIpc) is 2.64. The quantitative estimate of drug-likeness (QED) is 0.523. The molecule has 3 aromatic carbocycles. The number of hydrogen-bond donors (Lipinski definition) is 1. The van der Waals surface area contributed by atoms with Crippen molar-refractivity contribution in [2.75, 3.05) is 5.32 Å². The Morgan fingerprint density at radius 2 is 1.33 bits per heavy atom. The standard InChI is InChI=1S/C20H14ClN3/c21-15-12-10-14(11-13-15)19-17-8-4-5-9-18(17)20(24-23-19)22-16-6-2-1-3-7-16/h1-13H,(H,22,24). The van der Waals surface area contributed by atoms with E-state index in [0.29, 0.717) is 5.02 Å². The Hall–Kier alpha value is -2.91. The van der Waals surface area contributed by atoms with Gasteiger partial charge in [-0.25, -0.2) is 0 Å². The maximum atomic E-state index is 5.99. The topological polar surface area (TPSA) is 37.8 Å². The summed E-state index contributed by atoms with van der Waals surface area (Å²) in [5.74, 6) is 0.745. The van der Waals surface area contributed by atoms with Gasteiger partial charge in [-0.05, 0) is 24.3 Å². The second-order valence-corrected chi connectivity index (χ2v) is 5.88. The van der Waals surface area contributed by atoms with E-state index in [9.17, 15) is 0 Å². The monoisotopic (exact) mass is 331 g/mol. The van der Waals surface area contributed by atoms with Crippen LogP contribution in [0.25, 0.3) is 22.0 Å². The number of nitrogens with one attached hydrogen (secondary N) is 1. The van der Waals surface area contributed by atoms with E-state index < -0.39 is 0 Å². The van der Waals surface area contributed by atoms with Crippen LogP contribution in [-0.4, -0.2) is 10.2 Å². The summed E-state index contributed by atoms with van der Waals surface area (Å²) >= 11 is 5.99. The molecule has 0 spiro atoms. The van der Waals surface area contributed by atoms with Crippen LogP contribution in [0.5, 0.6) is 0 Å². The fraction of sp³-hybridized carbons (Fsp3) is 0. The van der Waals surface area contributed by atoms with E-state index in [1.807, 2.05) is 66.7 Å². The number of rotatable bonds is 3. The minimum atomic E-state index is 0.707. The van der Waals surface area contributed by atoms with Crippen molar-refractivity contribution in [3.63, 3.8) is 0 Å². The average molecular weight is 332 g/mol. The third-order valence-electron chi connectivity index (χ3n) is 3.84. The highest BCUT2D eigenvalue weighted by molar-refractivity contribution is 6.30. The number of benzene rings is 3. The van der Waals surface area contributed by atoms with Gasteiger partial charge in [0.2, 0.25) is 0 Å². The molecule has 0 aliphatic heterocycles. The molecule has 0 atom stereocenters. The molecule has 0 aliphatic carbocycles. The van der Waals surface area contributed by atoms with Gasteiger partial charge in [0, 0.05) is 27.0 Å². The summed E-state index contributed by atoms with van der Waals surface area (Å²) in [4.78, 5) is 0. The summed E-state index contributed by atoms with van der Waals surface area (Å²) in [7, 11) is 0. The molecule has 1 heterocycles. The largest absolute Gasteiger partial charge is 0.338 e. The fourth-order valence-electron chi connectivity index (χ4n) is 2.68. The van der Waals surface area contributed by atoms with Crippen molar-refractivity contribution in [3.05, 3.63) is 83.9 Å². The van der Waals surface area contributed by atoms with E-state index >= 15 is 0 Å². The molecule has 0 saturated heterocycles. The normalized spacial score (nSPS) is 10.7. The van der Waals surface area contributed by atoms with Crippen molar-refractivity contribution in [2.24, 2.45) is 0 Å². The molecule has 0 aliphatic rings. The Balaban J connectivity index is 1.84. The molecule has 3 nitrogen and oxygen atoms in total. The number of aromatic nitrogens is 2. The number of anilines is 2. The molecule has 0 amide bonds. The number of halogens is 1. The zero-order chi connectivity index (χ0) is 16.4. The van der Waals surface area contributed by atoms with E-state index in [1.54, 1.807) is 0 Å². The van der Waals surface area contributed by atoms with E-state index in [4.69, 9.17) is 11.6 Å². The van der Waals surface area contributed by atoms with Crippen LogP contribution in [0.2, 0.25) is 5.02 Å². The molecule has 0 radical (unpaired) electrons. The van der Waals surface area contributed by atoms with E-state index in [2.05, 4.69) is 27.6 Å². The van der Waals surface area contributed by atoms with Gasteiger partial charge in [-0.1, -0.05) is 66.2 Å². The first-order chi connectivity index (χ1) is 11.8. The second-order valence-electron chi connectivity index (χ2n) is 5.44. The Labute approximate surface area is 144 Å². The maximum absolute atomic E-state index is 5.99. The summed E-state index contributed by atoms with van der Waals surface area (Å²) in [5.41, 5.74) is 2.83. The molecule has 4 heteroatoms. The summed E-state index contributed by atoms with van der Waals surface area (Å²) in [6.07, 6.45) is 0. The van der Waals surface area contributed by atoms with E-state index in [0.717, 1.165) is 33.5 Å². The number of fused-ring (bicyclic) bond motifs is 1. The molecular formula is C20H14ClN3. The van der Waals surface area contributed by atoms with Gasteiger partial charge in [0.15, 0.2) is 5.82 Å². The van der Waals surface area contributed by atoms with Gasteiger partial charge in [-0.15, -0.1) is 10.2 Å². The van der Waals surface area contributed by atoms with Crippen LogP contribution in [0.1, 0.15) is 0 Å². The highest BCUT2D eigenvalue weighted by Gasteiger charge is 2.11. The number of hydrogen-bond acceptors (Lipinski definition) is 3. The third kappa shape index (κ3) is 2.82. The van der Waals surface area contributed by atoms with Crippen molar-refractivity contribution in [1.82, 2.24) is 10.2 Å². The summed E-state index contributed by atoms with van der Waals surface area (Å²) in [6, 6.07) is 25.7. The van der Waals surface area contributed by atoms with Gasteiger partial charge < -0.3 is 5.32 Å². The highest BCUT2D eigenvalue weighted by atomic mass is 35.5. The molecule has 0 unspecified atom stereocenters. The minimum absolute atomic E-state index is 0.707. The van der Waals surface area contributed by atoms with Crippen molar-refractivity contribution in [1.29, 1.82) is 0 Å². The molecule has 4 rings (SSSR count). The lowest BCUT2D eigenvalue weighted by molar-refractivity contribution is 1.06. The van der Waals surface area contributed by atoms with Crippen LogP contribution >= 0.6 is 11.6 Å². The van der Waals surface area contributed by atoms with E-state index in [-0.39, 0.29) is 0 Å². The van der Waals surface area contributed by atoms with Gasteiger partial charge in [0.05, 0.1) is 0 Å². The molecule has 0 saturated carbocycles. The fourth-order valence-corrected chi connectivity index (χ4v) is 2.80. The van der Waals surface area contributed by atoms with Crippen LogP contribution in [0.4, 0.5) is 11.5 Å². The molecule has 4 aromatic rings. The summed E-state index contributed by atoms with van der Waals surface area (Å²) in [5, 5.41) is 15.0.